The van der Waals surface area contributed by atoms with E-state index in [0.29, 0.717) is 17.1 Å². The van der Waals surface area contributed by atoms with E-state index in [1.54, 1.807) is 0 Å². The van der Waals surface area contributed by atoms with Crippen molar-refractivity contribution < 1.29 is 14.2 Å². The molecule has 0 fully saturated rings. The molecule has 0 saturated heterocycles. The maximum absolute atomic E-state index is 13.0. The molecular formula is C15H15FO2. The van der Waals surface area contributed by atoms with E-state index in [4.69, 9.17) is 9.84 Å². The van der Waals surface area contributed by atoms with Gasteiger partial charge in [0.05, 0.1) is 6.61 Å². The molecule has 0 spiro atoms. The van der Waals surface area contributed by atoms with Crippen LogP contribution in [0.5, 0.6) is 11.5 Å². The summed E-state index contributed by atoms with van der Waals surface area (Å²) in [4.78, 5) is 0. The van der Waals surface area contributed by atoms with Gasteiger partial charge in [0.2, 0.25) is 0 Å². The molecule has 2 nitrogen and oxygen atoms in total. The molecule has 0 heterocycles. The zero-order chi connectivity index (χ0) is 13.0. The fourth-order valence-corrected chi connectivity index (χ4v) is 1.69. The fraction of sp³-hybridized carbons (Fsp3) is 0.200. The lowest BCUT2D eigenvalue weighted by Gasteiger charge is -2.10. The summed E-state index contributed by atoms with van der Waals surface area (Å²) >= 11 is 0. The summed E-state index contributed by atoms with van der Waals surface area (Å²) in [6.07, 6.45) is 0.971. The summed E-state index contributed by atoms with van der Waals surface area (Å²) in [5.41, 5.74) is 1.67. The first kappa shape index (κ1) is 12.6. The largest absolute Gasteiger partial charge is 0.457 e. The second-order valence-electron chi connectivity index (χ2n) is 4.01. The second-order valence-corrected chi connectivity index (χ2v) is 4.01. The quantitative estimate of drug-likeness (QED) is 0.891. The third-order valence-corrected chi connectivity index (χ3v) is 2.75. The van der Waals surface area contributed by atoms with E-state index in [1.807, 2.05) is 24.3 Å². The van der Waals surface area contributed by atoms with Crippen LogP contribution >= 0.6 is 0 Å². The van der Waals surface area contributed by atoms with Crippen molar-refractivity contribution in [2.75, 3.05) is 0 Å². The van der Waals surface area contributed by atoms with Gasteiger partial charge in [0.1, 0.15) is 17.3 Å². The molecule has 0 radical (unpaired) electrons. The van der Waals surface area contributed by atoms with Crippen molar-refractivity contribution in [3.8, 4) is 11.5 Å². The average Bonchev–Trinajstić information content (AvgIpc) is 2.41. The van der Waals surface area contributed by atoms with Crippen LogP contribution in [-0.2, 0) is 13.0 Å². The van der Waals surface area contributed by atoms with Crippen LogP contribution in [0.15, 0.2) is 42.5 Å². The number of hydrogen-bond donors (Lipinski definition) is 1. The number of aliphatic hydroxyl groups excluding tert-OH is 1. The number of aryl methyl sites for hydroxylation is 1. The number of aliphatic hydroxyl groups is 1. The molecule has 2 aromatic carbocycles. The summed E-state index contributed by atoms with van der Waals surface area (Å²) in [6, 6.07) is 11.8. The molecule has 0 saturated carbocycles. The molecule has 0 unspecified atom stereocenters. The van der Waals surface area contributed by atoms with Crippen molar-refractivity contribution in [3.63, 3.8) is 0 Å². The maximum atomic E-state index is 13.0. The van der Waals surface area contributed by atoms with Crippen molar-refractivity contribution in [2.45, 2.75) is 20.0 Å². The van der Waals surface area contributed by atoms with Gasteiger partial charge in [0.25, 0.3) is 0 Å². The van der Waals surface area contributed by atoms with Crippen LogP contribution in [0.2, 0.25) is 0 Å². The van der Waals surface area contributed by atoms with Gasteiger partial charge in [-0.1, -0.05) is 19.1 Å². The van der Waals surface area contributed by atoms with Crippen molar-refractivity contribution in [1.82, 2.24) is 0 Å². The Labute approximate surface area is 106 Å². The van der Waals surface area contributed by atoms with E-state index in [2.05, 4.69) is 6.92 Å². The first-order chi connectivity index (χ1) is 8.72. The summed E-state index contributed by atoms with van der Waals surface area (Å²) in [6.45, 7) is 1.83. The normalized spacial score (nSPS) is 10.4. The number of benzene rings is 2. The number of ether oxygens (including phenoxy) is 1. The number of hydrogen-bond acceptors (Lipinski definition) is 2. The minimum Gasteiger partial charge on any atom is -0.457 e. The molecule has 0 aromatic heterocycles. The Hall–Kier alpha value is -1.87. The van der Waals surface area contributed by atoms with E-state index >= 15 is 0 Å². The minimum absolute atomic E-state index is 0.250. The van der Waals surface area contributed by atoms with Crippen LogP contribution in [0.3, 0.4) is 0 Å². The van der Waals surface area contributed by atoms with E-state index in [0.717, 1.165) is 6.42 Å². The molecule has 2 aromatic rings. The van der Waals surface area contributed by atoms with E-state index in [9.17, 15) is 4.39 Å². The molecule has 0 aliphatic carbocycles. The van der Waals surface area contributed by atoms with Crippen molar-refractivity contribution >= 4 is 0 Å². The average molecular weight is 246 g/mol. The summed E-state index contributed by atoms with van der Waals surface area (Å²) in [7, 11) is 0. The molecule has 18 heavy (non-hydrogen) atoms. The van der Waals surface area contributed by atoms with Gasteiger partial charge in [0.15, 0.2) is 0 Å². The topological polar surface area (TPSA) is 29.5 Å². The van der Waals surface area contributed by atoms with Crippen LogP contribution in [-0.4, -0.2) is 5.11 Å². The van der Waals surface area contributed by atoms with E-state index < -0.39 is 0 Å². The Bertz CT molecular complexity index is 521. The Balaban J connectivity index is 2.22. The van der Waals surface area contributed by atoms with Crippen LogP contribution < -0.4 is 4.74 Å². The zero-order valence-corrected chi connectivity index (χ0v) is 10.2. The molecular weight excluding hydrogens is 231 g/mol. The lowest BCUT2D eigenvalue weighted by molar-refractivity contribution is 0.276. The van der Waals surface area contributed by atoms with Crippen LogP contribution in [0, 0.1) is 5.82 Å². The molecule has 0 aliphatic heterocycles. The third kappa shape index (κ3) is 2.87. The minimum atomic E-state index is -0.382. The Kier molecular flexibility index (Phi) is 3.95. The second kappa shape index (κ2) is 5.65. The Morgan fingerprint density at radius 3 is 2.44 bits per heavy atom. The molecule has 0 aliphatic rings. The predicted molar refractivity (Wildman–Crippen MR) is 68.2 cm³/mol. The van der Waals surface area contributed by atoms with E-state index in [1.165, 1.54) is 23.8 Å². The molecule has 3 heteroatoms. The molecule has 0 bridgehead atoms. The van der Waals surface area contributed by atoms with Gasteiger partial charge in [-0.15, -0.1) is 0 Å². The third-order valence-electron chi connectivity index (χ3n) is 2.75. The van der Waals surface area contributed by atoms with E-state index in [-0.39, 0.29) is 12.4 Å². The monoisotopic (exact) mass is 246 g/mol. The van der Waals surface area contributed by atoms with Crippen LogP contribution in [0.1, 0.15) is 18.1 Å². The number of halogens is 1. The van der Waals surface area contributed by atoms with Crippen molar-refractivity contribution in [2.24, 2.45) is 0 Å². The Morgan fingerprint density at radius 2 is 1.83 bits per heavy atom. The highest BCUT2D eigenvalue weighted by atomic mass is 19.1. The van der Waals surface area contributed by atoms with Crippen LogP contribution in [0.25, 0.3) is 0 Å². The van der Waals surface area contributed by atoms with Gasteiger partial charge in [-0.2, -0.15) is 0 Å². The molecule has 0 amide bonds. The maximum Gasteiger partial charge on any atom is 0.133 e. The fourth-order valence-electron chi connectivity index (χ4n) is 1.69. The lowest BCUT2D eigenvalue weighted by Crippen LogP contribution is -1.93. The van der Waals surface area contributed by atoms with Crippen molar-refractivity contribution in [3.05, 3.63) is 59.4 Å². The first-order valence-corrected chi connectivity index (χ1v) is 5.89. The van der Waals surface area contributed by atoms with Gasteiger partial charge in [0, 0.05) is 5.56 Å². The highest BCUT2D eigenvalue weighted by Crippen LogP contribution is 2.26. The summed E-state index contributed by atoms with van der Waals surface area (Å²) in [5.74, 6) is 0.768. The highest BCUT2D eigenvalue weighted by molar-refractivity contribution is 5.38. The van der Waals surface area contributed by atoms with Gasteiger partial charge < -0.3 is 9.84 Å². The molecule has 94 valence electrons. The standard InChI is InChI=1S/C15H15FO2/c1-2-11-3-6-14(7-4-11)18-15-8-5-13(16)9-12(15)10-17/h3-9,17H,2,10H2,1H3. The van der Waals surface area contributed by atoms with Gasteiger partial charge in [-0.25, -0.2) is 4.39 Å². The first-order valence-electron chi connectivity index (χ1n) is 5.89. The predicted octanol–water partition coefficient (Wildman–Crippen LogP) is 3.67. The molecule has 0 atom stereocenters. The molecule has 2 rings (SSSR count). The van der Waals surface area contributed by atoms with Gasteiger partial charge >= 0.3 is 0 Å². The van der Waals surface area contributed by atoms with Gasteiger partial charge in [-0.05, 0) is 42.3 Å². The van der Waals surface area contributed by atoms with Crippen molar-refractivity contribution in [1.29, 1.82) is 0 Å². The summed E-state index contributed by atoms with van der Waals surface area (Å²) < 4.78 is 18.6. The smallest absolute Gasteiger partial charge is 0.133 e. The Morgan fingerprint density at radius 1 is 1.11 bits per heavy atom. The summed E-state index contributed by atoms with van der Waals surface area (Å²) in [5, 5.41) is 9.16. The van der Waals surface area contributed by atoms with Gasteiger partial charge in [-0.3, -0.25) is 0 Å². The molecule has 1 N–H and O–H groups in total. The number of rotatable bonds is 4. The zero-order valence-electron chi connectivity index (χ0n) is 10.2. The SMILES string of the molecule is CCc1ccc(Oc2ccc(F)cc2CO)cc1. The van der Waals surface area contributed by atoms with Crippen LogP contribution in [0.4, 0.5) is 4.39 Å². The highest BCUT2D eigenvalue weighted by Gasteiger charge is 2.05. The lowest BCUT2D eigenvalue weighted by atomic mass is 10.1.